The molecule has 1 fully saturated rings. The van der Waals surface area contributed by atoms with Gasteiger partial charge in [-0.05, 0) is 42.7 Å². The second-order valence-corrected chi connectivity index (χ2v) is 11.1. The molecule has 1 aliphatic heterocycles. The fraction of sp³-hybridized carbons (Fsp3) is 0.421. The van der Waals surface area contributed by atoms with Crippen molar-refractivity contribution in [2.75, 3.05) is 26.7 Å². The van der Waals surface area contributed by atoms with Crippen LogP contribution in [0.3, 0.4) is 0 Å². The van der Waals surface area contributed by atoms with Gasteiger partial charge in [0.1, 0.15) is 10.0 Å². The molecule has 1 aromatic carbocycles. The fourth-order valence-electron chi connectivity index (χ4n) is 3.23. The van der Waals surface area contributed by atoms with E-state index in [0.717, 1.165) is 53.7 Å². The zero-order valence-corrected chi connectivity index (χ0v) is 18.4. The summed E-state index contributed by atoms with van der Waals surface area (Å²) < 4.78 is 39.5. The molecular weight excluding hydrogens is 437 g/mol. The number of hydrogen-bond donors (Lipinski definition) is 1. The summed E-state index contributed by atoms with van der Waals surface area (Å²) in [5, 5.41) is 2.93. The Morgan fingerprint density at radius 1 is 1.24 bits per heavy atom. The first kappa shape index (κ1) is 22.2. The standard InChI is InChI=1S/C19H23ClFN3O3S2/c1-23(29(26,27)19-7-6-17(20)28-19)13-18(25)22-16-8-10-24(11-9-16)12-14-2-4-15(21)5-3-14/h2-7,16H,8-13H2,1H3,(H,22,25). The van der Waals surface area contributed by atoms with Crippen LogP contribution < -0.4 is 5.32 Å². The van der Waals surface area contributed by atoms with E-state index in [1.54, 1.807) is 12.1 Å². The van der Waals surface area contributed by atoms with E-state index in [1.165, 1.54) is 31.3 Å². The van der Waals surface area contributed by atoms with Crippen molar-refractivity contribution < 1.29 is 17.6 Å². The van der Waals surface area contributed by atoms with E-state index in [4.69, 9.17) is 11.6 Å². The Balaban J connectivity index is 1.45. The largest absolute Gasteiger partial charge is 0.352 e. The lowest BCUT2D eigenvalue weighted by Crippen LogP contribution is -2.47. The third-order valence-electron chi connectivity index (χ3n) is 4.85. The second-order valence-electron chi connectivity index (χ2n) is 7.06. The highest BCUT2D eigenvalue weighted by atomic mass is 35.5. The Morgan fingerprint density at radius 2 is 1.90 bits per heavy atom. The van der Waals surface area contributed by atoms with E-state index in [0.29, 0.717) is 4.34 Å². The van der Waals surface area contributed by atoms with Gasteiger partial charge in [0, 0.05) is 32.7 Å². The van der Waals surface area contributed by atoms with E-state index in [9.17, 15) is 17.6 Å². The van der Waals surface area contributed by atoms with Crippen LogP contribution in [0.4, 0.5) is 4.39 Å². The highest BCUT2D eigenvalue weighted by molar-refractivity contribution is 7.91. The average molecular weight is 460 g/mol. The highest BCUT2D eigenvalue weighted by Gasteiger charge is 2.26. The number of likely N-dealkylation sites (N-methyl/N-ethyl adjacent to an activating group) is 1. The molecule has 0 aliphatic carbocycles. The molecule has 1 aromatic heterocycles. The third-order valence-corrected chi connectivity index (χ3v) is 8.35. The van der Waals surface area contributed by atoms with Crippen LogP contribution in [0.1, 0.15) is 18.4 Å². The molecule has 2 heterocycles. The molecule has 0 radical (unpaired) electrons. The summed E-state index contributed by atoms with van der Waals surface area (Å²) in [6.45, 7) is 2.12. The zero-order chi connectivity index (χ0) is 21.0. The van der Waals surface area contributed by atoms with Gasteiger partial charge in [0.05, 0.1) is 10.9 Å². The normalized spacial score (nSPS) is 16.3. The van der Waals surface area contributed by atoms with Crippen LogP contribution in [0, 0.1) is 5.82 Å². The molecule has 6 nitrogen and oxygen atoms in total. The van der Waals surface area contributed by atoms with Crippen molar-refractivity contribution in [3.05, 3.63) is 52.1 Å². The molecule has 0 spiro atoms. The molecule has 0 atom stereocenters. The Kier molecular flexibility index (Phi) is 7.28. The smallest absolute Gasteiger partial charge is 0.252 e. The van der Waals surface area contributed by atoms with Gasteiger partial charge < -0.3 is 5.32 Å². The topological polar surface area (TPSA) is 69.7 Å². The summed E-state index contributed by atoms with van der Waals surface area (Å²) >= 11 is 6.78. The molecule has 1 N–H and O–H groups in total. The predicted octanol–water partition coefficient (Wildman–Crippen LogP) is 2.94. The van der Waals surface area contributed by atoms with Gasteiger partial charge in [-0.1, -0.05) is 23.7 Å². The lowest BCUT2D eigenvalue weighted by Gasteiger charge is -2.32. The van der Waals surface area contributed by atoms with Gasteiger partial charge >= 0.3 is 0 Å². The number of amides is 1. The summed E-state index contributed by atoms with van der Waals surface area (Å²) in [5.74, 6) is -0.569. The molecule has 1 aliphatic rings. The Morgan fingerprint density at radius 3 is 2.48 bits per heavy atom. The van der Waals surface area contributed by atoms with E-state index in [-0.39, 0.29) is 28.5 Å². The molecule has 29 heavy (non-hydrogen) atoms. The maximum absolute atomic E-state index is 13.0. The number of rotatable bonds is 7. The van der Waals surface area contributed by atoms with E-state index >= 15 is 0 Å². The van der Waals surface area contributed by atoms with Crippen LogP contribution >= 0.6 is 22.9 Å². The summed E-state index contributed by atoms with van der Waals surface area (Å²) in [4.78, 5) is 14.6. The number of likely N-dealkylation sites (tertiary alicyclic amines) is 1. The van der Waals surface area contributed by atoms with Crippen LogP contribution in [0.25, 0.3) is 0 Å². The third kappa shape index (κ3) is 5.99. The number of sulfonamides is 1. The first-order valence-electron chi connectivity index (χ1n) is 9.22. The Hall–Kier alpha value is -1.52. The van der Waals surface area contributed by atoms with Gasteiger partial charge in [-0.2, -0.15) is 4.31 Å². The lowest BCUT2D eigenvalue weighted by atomic mass is 10.0. The molecule has 0 bridgehead atoms. The van der Waals surface area contributed by atoms with Gasteiger partial charge in [-0.15, -0.1) is 11.3 Å². The van der Waals surface area contributed by atoms with Crippen molar-refractivity contribution in [3.63, 3.8) is 0 Å². The molecule has 3 rings (SSSR count). The SMILES string of the molecule is CN(CC(=O)NC1CCN(Cc2ccc(F)cc2)CC1)S(=O)(=O)c1ccc(Cl)s1. The van der Waals surface area contributed by atoms with Gasteiger partial charge in [-0.3, -0.25) is 9.69 Å². The van der Waals surface area contributed by atoms with Crippen molar-refractivity contribution in [3.8, 4) is 0 Å². The van der Waals surface area contributed by atoms with Crippen molar-refractivity contribution in [1.82, 2.24) is 14.5 Å². The van der Waals surface area contributed by atoms with Gasteiger partial charge in [0.15, 0.2) is 0 Å². The van der Waals surface area contributed by atoms with Crippen LogP contribution in [0.5, 0.6) is 0 Å². The summed E-state index contributed by atoms with van der Waals surface area (Å²) in [5.41, 5.74) is 1.05. The maximum atomic E-state index is 13.0. The van der Waals surface area contributed by atoms with Gasteiger partial charge in [-0.25, -0.2) is 12.8 Å². The molecule has 1 amide bonds. The number of nitrogens with one attached hydrogen (secondary N) is 1. The molecule has 0 unspecified atom stereocenters. The Bertz CT molecular complexity index is 942. The van der Waals surface area contributed by atoms with Crippen LogP contribution in [0.2, 0.25) is 4.34 Å². The minimum Gasteiger partial charge on any atom is -0.352 e. The molecule has 1 saturated heterocycles. The molecule has 158 valence electrons. The van der Waals surface area contributed by atoms with Crippen molar-refractivity contribution in [2.45, 2.75) is 29.6 Å². The van der Waals surface area contributed by atoms with Gasteiger partial charge in [0.2, 0.25) is 5.91 Å². The summed E-state index contributed by atoms with van der Waals surface area (Å²) in [7, 11) is -2.35. The lowest BCUT2D eigenvalue weighted by molar-refractivity contribution is -0.122. The summed E-state index contributed by atoms with van der Waals surface area (Å²) in [6.07, 6.45) is 1.56. The first-order valence-corrected chi connectivity index (χ1v) is 11.9. The molecular formula is C19H23ClFN3O3S2. The number of thiophene rings is 1. The first-order chi connectivity index (χ1) is 13.7. The van der Waals surface area contributed by atoms with Crippen molar-refractivity contribution in [1.29, 1.82) is 0 Å². The van der Waals surface area contributed by atoms with Gasteiger partial charge in [0.25, 0.3) is 10.0 Å². The van der Waals surface area contributed by atoms with Crippen molar-refractivity contribution in [2.24, 2.45) is 0 Å². The Labute approximate surface area is 179 Å². The number of halogens is 2. The molecule has 0 saturated carbocycles. The predicted molar refractivity (Wildman–Crippen MR) is 112 cm³/mol. The van der Waals surface area contributed by atoms with Crippen LogP contribution in [0.15, 0.2) is 40.6 Å². The quantitative estimate of drug-likeness (QED) is 0.691. The van der Waals surface area contributed by atoms with E-state index in [1.807, 2.05) is 0 Å². The summed E-state index contributed by atoms with van der Waals surface area (Å²) in [6, 6.07) is 9.44. The number of carbonyl (C=O) groups excluding carboxylic acids is 1. The van der Waals surface area contributed by atoms with E-state index in [2.05, 4.69) is 10.2 Å². The van der Waals surface area contributed by atoms with Crippen LogP contribution in [-0.4, -0.2) is 56.3 Å². The van der Waals surface area contributed by atoms with E-state index < -0.39 is 10.0 Å². The minimum absolute atomic E-state index is 0.0132. The zero-order valence-electron chi connectivity index (χ0n) is 16.0. The number of carbonyl (C=O) groups is 1. The average Bonchev–Trinajstić information content (AvgIpc) is 3.12. The second kappa shape index (κ2) is 9.53. The molecule has 2 aromatic rings. The number of hydrogen-bond acceptors (Lipinski definition) is 5. The minimum atomic E-state index is -3.73. The number of nitrogens with zero attached hydrogens (tertiary/aromatic N) is 2. The maximum Gasteiger partial charge on any atom is 0.252 e. The number of benzene rings is 1. The highest BCUT2D eigenvalue weighted by Crippen LogP contribution is 2.27. The molecule has 10 heteroatoms. The monoisotopic (exact) mass is 459 g/mol. The van der Waals surface area contributed by atoms with Crippen molar-refractivity contribution >= 4 is 38.9 Å². The number of piperidine rings is 1. The van der Waals surface area contributed by atoms with Crippen LogP contribution in [-0.2, 0) is 21.4 Å². The fourth-order valence-corrected chi connectivity index (χ4v) is 6.05.